The Morgan fingerprint density at radius 1 is 1.10 bits per heavy atom. The lowest BCUT2D eigenvalue weighted by Gasteiger charge is -2.50. The van der Waals surface area contributed by atoms with Crippen molar-refractivity contribution < 1.29 is 19.4 Å². The van der Waals surface area contributed by atoms with Crippen molar-refractivity contribution in [3.8, 4) is 11.5 Å². The average molecular weight is 432 g/mol. The van der Waals surface area contributed by atoms with Crippen LogP contribution in [0.5, 0.6) is 11.5 Å². The molecule has 5 nitrogen and oxygen atoms in total. The van der Waals surface area contributed by atoms with Crippen LogP contribution < -0.4 is 10.1 Å². The van der Waals surface area contributed by atoms with Gasteiger partial charge in [-0.2, -0.15) is 0 Å². The summed E-state index contributed by atoms with van der Waals surface area (Å²) in [5.74, 6) is -0.516. The molecular weight excluding hydrogens is 402 g/mol. The summed E-state index contributed by atoms with van der Waals surface area (Å²) in [6.45, 7) is 8.42. The molecule has 1 fully saturated rings. The van der Waals surface area contributed by atoms with E-state index in [0.717, 1.165) is 18.5 Å². The van der Waals surface area contributed by atoms with Crippen LogP contribution in [0.4, 0.5) is 0 Å². The summed E-state index contributed by atoms with van der Waals surface area (Å²) in [5.41, 5.74) is 1.98. The Balaban J connectivity index is 1.92. The molecule has 0 bridgehead atoms. The molecule has 0 spiro atoms. The number of methoxy groups -OCH3 is 1. The number of carbonyl (C=O) groups excluding carboxylic acids is 2. The summed E-state index contributed by atoms with van der Waals surface area (Å²) >= 11 is 6.58. The van der Waals surface area contributed by atoms with E-state index in [1.165, 1.54) is 7.11 Å². The number of halogens is 1. The number of phenols is 1. The van der Waals surface area contributed by atoms with Gasteiger partial charge in [-0.15, -0.1) is 0 Å². The highest BCUT2D eigenvalue weighted by Crippen LogP contribution is 2.54. The van der Waals surface area contributed by atoms with Crippen LogP contribution in [0.2, 0.25) is 5.02 Å². The molecule has 0 aromatic heterocycles. The van der Waals surface area contributed by atoms with Gasteiger partial charge >= 0.3 is 0 Å². The SMILES string of the molecule is COc1ccc([C@@H]2C3=C(CC(C)(C)CC3=O)N[C@H]3CC(C)(C)CC(=O)[C@@H]32)c(Cl)c1O. The van der Waals surface area contributed by atoms with Gasteiger partial charge in [0.2, 0.25) is 0 Å². The summed E-state index contributed by atoms with van der Waals surface area (Å²) in [7, 11) is 1.46. The number of aromatic hydroxyl groups is 1. The standard InChI is InChI=1S/C24H30ClNO4/c1-23(2)8-13-19(15(27)10-23)18(12-6-7-17(30-5)22(29)21(12)25)20-14(26-13)9-24(3,4)11-16(20)28/h6-7,13,18-19,26,29H,8-11H2,1-5H3/t13-,18-,19+/m0/s1. The number of phenolic OH excluding ortho intramolecular Hbond substituents is 1. The van der Waals surface area contributed by atoms with E-state index in [1.54, 1.807) is 12.1 Å². The van der Waals surface area contributed by atoms with Crippen molar-refractivity contribution in [2.24, 2.45) is 16.7 Å². The molecule has 3 aliphatic rings. The first-order chi connectivity index (χ1) is 13.9. The predicted octanol–water partition coefficient (Wildman–Crippen LogP) is 4.76. The zero-order valence-corrected chi connectivity index (χ0v) is 19.0. The molecule has 4 rings (SSSR count). The van der Waals surface area contributed by atoms with Crippen LogP contribution in [-0.4, -0.2) is 29.8 Å². The molecule has 1 aromatic carbocycles. The monoisotopic (exact) mass is 431 g/mol. The zero-order chi connectivity index (χ0) is 22.0. The molecule has 0 radical (unpaired) electrons. The number of Topliss-reactive ketones (excluding diaryl/α,β-unsaturated/α-hetero) is 2. The van der Waals surface area contributed by atoms with Gasteiger partial charge in [0.25, 0.3) is 0 Å². The molecule has 30 heavy (non-hydrogen) atoms. The van der Waals surface area contributed by atoms with Crippen LogP contribution >= 0.6 is 11.6 Å². The number of hydrogen-bond donors (Lipinski definition) is 2. The minimum absolute atomic E-state index is 0.0567. The van der Waals surface area contributed by atoms with Crippen molar-refractivity contribution in [1.29, 1.82) is 0 Å². The largest absolute Gasteiger partial charge is 0.503 e. The Kier molecular flexibility index (Phi) is 4.96. The Morgan fingerprint density at radius 2 is 1.80 bits per heavy atom. The van der Waals surface area contributed by atoms with Gasteiger partial charge in [-0.05, 0) is 35.3 Å². The summed E-state index contributed by atoms with van der Waals surface area (Å²) in [6.07, 6.45) is 2.49. The summed E-state index contributed by atoms with van der Waals surface area (Å²) in [5, 5.41) is 14.3. The summed E-state index contributed by atoms with van der Waals surface area (Å²) in [4.78, 5) is 26.7. The fourth-order valence-corrected chi connectivity index (χ4v) is 5.99. The molecule has 0 unspecified atom stereocenters. The van der Waals surface area contributed by atoms with E-state index in [2.05, 4.69) is 33.0 Å². The van der Waals surface area contributed by atoms with E-state index in [9.17, 15) is 14.7 Å². The maximum atomic E-state index is 13.4. The first-order valence-corrected chi connectivity index (χ1v) is 10.9. The maximum Gasteiger partial charge on any atom is 0.177 e. The summed E-state index contributed by atoms with van der Waals surface area (Å²) < 4.78 is 5.19. The molecule has 0 saturated heterocycles. The van der Waals surface area contributed by atoms with Crippen LogP contribution in [0.15, 0.2) is 23.4 Å². The van der Waals surface area contributed by atoms with Crippen molar-refractivity contribution in [3.05, 3.63) is 34.0 Å². The second kappa shape index (κ2) is 7.01. The summed E-state index contributed by atoms with van der Waals surface area (Å²) in [6, 6.07) is 3.38. The fraction of sp³-hybridized carbons (Fsp3) is 0.583. The molecule has 1 aliphatic heterocycles. The fourth-order valence-electron chi connectivity index (χ4n) is 5.71. The molecule has 0 amide bonds. The molecule has 1 heterocycles. The van der Waals surface area contributed by atoms with Gasteiger partial charge < -0.3 is 15.2 Å². The normalized spacial score (nSPS) is 29.7. The van der Waals surface area contributed by atoms with Crippen LogP contribution in [-0.2, 0) is 9.59 Å². The molecule has 3 atom stereocenters. The van der Waals surface area contributed by atoms with E-state index in [1.807, 2.05) is 0 Å². The predicted molar refractivity (Wildman–Crippen MR) is 116 cm³/mol. The number of ketones is 2. The van der Waals surface area contributed by atoms with E-state index in [4.69, 9.17) is 16.3 Å². The number of allylic oxidation sites excluding steroid dienone is 2. The van der Waals surface area contributed by atoms with Gasteiger partial charge in [0, 0.05) is 42.0 Å². The van der Waals surface area contributed by atoms with Crippen molar-refractivity contribution in [3.63, 3.8) is 0 Å². The Morgan fingerprint density at radius 3 is 2.47 bits per heavy atom. The van der Waals surface area contributed by atoms with Crippen molar-refractivity contribution in [2.75, 3.05) is 7.11 Å². The number of rotatable bonds is 2. The third-order valence-electron chi connectivity index (χ3n) is 6.84. The Labute approximate surface area is 182 Å². The van der Waals surface area contributed by atoms with Gasteiger partial charge in [0.05, 0.1) is 12.1 Å². The number of nitrogens with one attached hydrogen (secondary N) is 1. The van der Waals surface area contributed by atoms with Crippen LogP contribution in [0.25, 0.3) is 0 Å². The lowest BCUT2D eigenvalue weighted by Crippen LogP contribution is -2.55. The molecule has 6 heteroatoms. The minimum Gasteiger partial charge on any atom is -0.503 e. The smallest absolute Gasteiger partial charge is 0.177 e. The second-order valence-corrected chi connectivity index (χ2v) is 11.0. The molecule has 1 saturated carbocycles. The first-order valence-electron chi connectivity index (χ1n) is 10.5. The van der Waals surface area contributed by atoms with Gasteiger partial charge in [-0.1, -0.05) is 45.4 Å². The van der Waals surface area contributed by atoms with E-state index >= 15 is 0 Å². The number of benzene rings is 1. The van der Waals surface area contributed by atoms with Crippen LogP contribution in [0.1, 0.15) is 64.9 Å². The van der Waals surface area contributed by atoms with Crippen LogP contribution in [0, 0.1) is 16.7 Å². The van der Waals surface area contributed by atoms with Gasteiger partial charge in [-0.3, -0.25) is 9.59 Å². The lowest BCUT2D eigenvalue weighted by molar-refractivity contribution is -0.130. The molecule has 2 N–H and O–H groups in total. The van der Waals surface area contributed by atoms with Gasteiger partial charge in [0.1, 0.15) is 5.78 Å². The molecule has 162 valence electrons. The second-order valence-electron chi connectivity index (χ2n) is 10.6. The van der Waals surface area contributed by atoms with Crippen molar-refractivity contribution >= 4 is 23.2 Å². The van der Waals surface area contributed by atoms with Crippen molar-refractivity contribution in [2.45, 2.75) is 65.3 Å². The van der Waals surface area contributed by atoms with Gasteiger partial charge in [-0.25, -0.2) is 0 Å². The Hall–Kier alpha value is -2.01. The molecular formula is C24H30ClNO4. The third-order valence-corrected chi connectivity index (χ3v) is 7.24. The van der Waals surface area contributed by atoms with Crippen LogP contribution in [0.3, 0.4) is 0 Å². The topological polar surface area (TPSA) is 75.6 Å². The number of carbonyl (C=O) groups is 2. The highest BCUT2D eigenvalue weighted by Gasteiger charge is 2.52. The van der Waals surface area contributed by atoms with E-state index < -0.39 is 5.92 Å². The third kappa shape index (κ3) is 3.41. The quantitative estimate of drug-likeness (QED) is 0.706. The number of fused-ring (bicyclic) bond motifs is 1. The highest BCUT2D eigenvalue weighted by molar-refractivity contribution is 6.33. The highest BCUT2D eigenvalue weighted by atomic mass is 35.5. The molecule has 2 aliphatic carbocycles. The van der Waals surface area contributed by atoms with E-state index in [-0.39, 0.29) is 50.9 Å². The maximum absolute atomic E-state index is 13.4. The number of ether oxygens (including phenoxy) is 1. The average Bonchev–Trinajstić information content (AvgIpc) is 2.60. The zero-order valence-electron chi connectivity index (χ0n) is 18.3. The minimum atomic E-state index is -0.456. The lowest BCUT2D eigenvalue weighted by atomic mass is 9.59. The Bertz CT molecular complexity index is 962. The van der Waals surface area contributed by atoms with E-state index in [0.29, 0.717) is 24.0 Å². The first kappa shape index (κ1) is 21.2. The van der Waals surface area contributed by atoms with Crippen molar-refractivity contribution in [1.82, 2.24) is 5.32 Å². The molecule has 1 aromatic rings. The number of hydrogen-bond acceptors (Lipinski definition) is 5. The van der Waals surface area contributed by atoms with Gasteiger partial charge in [0.15, 0.2) is 17.3 Å².